The lowest BCUT2D eigenvalue weighted by molar-refractivity contribution is -0.173. The summed E-state index contributed by atoms with van der Waals surface area (Å²) in [6, 6.07) is 0. The van der Waals surface area contributed by atoms with Crippen LogP contribution in [-0.4, -0.2) is 33.2 Å². The third-order valence-corrected chi connectivity index (χ3v) is 2.89. The molecule has 3 N–H and O–H groups in total. The van der Waals surface area contributed by atoms with Gasteiger partial charge in [-0.15, -0.1) is 0 Å². The van der Waals surface area contributed by atoms with E-state index >= 15 is 0 Å². The van der Waals surface area contributed by atoms with Crippen molar-refractivity contribution in [3.8, 4) is 0 Å². The van der Waals surface area contributed by atoms with Crippen molar-refractivity contribution in [3.63, 3.8) is 0 Å². The number of aliphatic carboxylic acids is 3. The van der Waals surface area contributed by atoms with Crippen LogP contribution in [0.1, 0.15) is 27.2 Å². The smallest absolute Gasteiger partial charge is 0.311 e. The summed E-state index contributed by atoms with van der Waals surface area (Å²) in [5, 5.41) is 26.4. The highest BCUT2D eigenvalue weighted by molar-refractivity contribution is 5.89. The van der Waals surface area contributed by atoms with E-state index in [9.17, 15) is 14.4 Å². The highest BCUT2D eigenvalue weighted by Crippen LogP contribution is 2.42. The van der Waals surface area contributed by atoms with E-state index < -0.39 is 35.2 Å². The molecular formula is C9H14O6. The molecule has 6 heteroatoms. The summed E-state index contributed by atoms with van der Waals surface area (Å²) >= 11 is 0. The van der Waals surface area contributed by atoms with E-state index in [1.54, 1.807) is 0 Å². The molecule has 1 atom stereocenters. The molecule has 0 aromatic rings. The maximum Gasteiger partial charge on any atom is 0.311 e. The van der Waals surface area contributed by atoms with E-state index in [0.717, 1.165) is 6.92 Å². The van der Waals surface area contributed by atoms with Crippen molar-refractivity contribution in [1.82, 2.24) is 0 Å². The Morgan fingerprint density at radius 1 is 0.933 bits per heavy atom. The average Bonchev–Trinajstić information content (AvgIpc) is 2.01. The third-order valence-electron chi connectivity index (χ3n) is 2.89. The lowest BCUT2D eigenvalue weighted by Crippen LogP contribution is -2.48. The van der Waals surface area contributed by atoms with Crippen LogP contribution in [0.4, 0.5) is 0 Å². The van der Waals surface area contributed by atoms with Crippen LogP contribution in [0.2, 0.25) is 0 Å². The fourth-order valence-corrected chi connectivity index (χ4v) is 1.10. The second-order valence-corrected chi connectivity index (χ2v) is 4.14. The molecule has 86 valence electrons. The van der Waals surface area contributed by atoms with Gasteiger partial charge in [0.1, 0.15) is 0 Å². The van der Waals surface area contributed by atoms with Gasteiger partial charge in [0.25, 0.3) is 0 Å². The molecule has 0 amide bonds. The minimum atomic E-state index is -1.84. The van der Waals surface area contributed by atoms with Crippen LogP contribution < -0.4 is 0 Å². The molecule has 0 aliphatic rings. The topological polar surface area (TPSA) is 112 Å². The largest absolute Gasteiger partial charge is 0.481 e. The summed E-state index contributed by atoms with van der Waals surface area (Å²) < 4.78 is 0. The molecule has 0 saturated heterocycles. The standard InChI is InChI=1S/C9H14O6/c1-8(2,6(12)13)9(3,7(14)15)4-5(10)11/h4H2,1-3H3,(H,10,11)(H,12,13)(H,14,15)/t9-/m1/s1. The SMILES string of the molecule is CC(C)(C(=O)O)[C@](C)(CC(=O)O)C(=O)O. The molecule has 0 unspecified atom stereocenters. The van der Waals surface area contributed by atoms with Crippen molar-refractivity contribution < 1.29 is 29.7 Å². The van der Waals surface area contributed by atoms with E-state index in [1.165, 1.54) is 13.8 Å². The summed E-state index contributed by atoms with van der Waals surface area (Å²) in [7, 11) is 0. The van der Waals surface area contributed by atoms with E-state index in [4.69, 9.17) is 15.3 Å². The molecule has 0 saturated carbocycles. The number of carboxylic acids is 3. The van der Waals surface area contributed by atoms with Gasteiger partial charge < -0.3 is 15.3 Å². The highest BCUT2D eigenvalue weighted by atomic mass is 16.4. The van der Waals surface area contributed by atoms with Gasteiger partial charge in [-0.3, -0.25) is 14.4 Å². The van der Waals surface area contributed by atoms with Gasteiger partial charge in [-0.2, -0.15) is 0 Å². The van der Waals surface area contributed by atoms with Crippen LogP contribution in [0.15, 0.2) is 0 Å². The predicted octanol–water partition coefficient (Wildman–Crippen LogP) is 0.663. The van der Waals surface area contributed by atoms with Crippen LogP contribution in [0.25, 0.3) is 0 Å². The van der Waals surface area contributed by atoms with Crippen molar-refractivity contribution in [1.29, 1.82) is 0 Å². The minimum absolute atomic E-state index is 0.734. The Hall–Kier alpha value is -1.59. The first-order valence-corrected chi connectivity index (χ1v) is 4.24. The van der Waals surface area contributed by atoms with Gasteiger partial charge >= 0.3 is 17.9 Å². The number of carbonyl (C=O) groups is 3. The minimum Gasteiger partial charge on any atom is -0.481 e. The maximum atomic E-state index is 11.0. The molecule has 0 fully saturated rings. The zero-order valence-electron chi connectivity index (χ0n) is 8.77. The Morgan fingerprint density at radius 2 is 1.33 bits per heavy atom. The van der Waals surface area contributed by atoms with Gasteiger partial charge in [-0.1, -0.05) is 0 Å². The number of rotatable bonds is 5. The first-order valence-electron chi connectivity index (χ1n) is 4.24. The zero-order valence-corrected chi connectivity index (χ0v) is 8.77. The van der Waals surface area contributed by atoms with Crippen molar-refractivity contribution in [2.24, 2.45) is 10.8 Å². The van der Waals surface area contributed by atoms with Crippen LogP contribution in [0, 0.1) is 10.8 Å². The number of carboxylic acid groups (broad SMARTS) is 3. The molecule has 0 rings (SSSR count). The number of hydrogen-bond donors (Lipinski definition) is 3. The Kier molecular flexibility index (Phi) is 3.47. The van der Waals surface area contributed by atoms with Crippen LogP contribution in [0.5, 0.6) is 0 Å². The molecule has 0 radical (unpaired) electrons. The predicted molar refractivity (Wildman–Crippen MR) is 49.4 cm³/mol. The normalized spacial score (nSPS) is 15.4. The van der Waals surface area contributed by atoms with E-state index in [-0.39, 0.29) is 0 Å². The molecule has 0 aromatic carbocycles. The monoisotopic (exact) mass is 218 g/mol. The molecule has 0 bridgehead atoms. The molecule has 6 nitrogen and oxygen atoms in total. The summed E-state index contributed by atoms with van der Waals surface area (Å²) in [5.41, 5.74) is -3.50. The Morgan fingerprint density at radius 3 is 1.53 bits per heavy atom. The summed E-state index contributed by atoms with van der Waals surface area (Å²) in [6.07, 6.45) is -0.734. The zero-order chi connectivity index (χ0) is 12.4. The fraction of sp³-hybridized carbons (Fsp3) is 0.667. The highest BCUT2D eigenvalue weighted by Gasteiger charge is 2.53. The Bertz CT molecular complexity index is 306. The van der Waals surface area contributed by atoms with Crippen molar-refractivity contribution in [2.45, 2.75) is 27.2 Å². The van der Waals surface area contributed by atoms with Crippen LogP contribution in [-0.2, 0) is 14.4 Å². The first kappa shape index (κ1) is 13.4. The Labute approximate surface area is 86.5 Å². The molecular weight excluding hydrogens is 204 g/mol. The van der Waals surface area contributed by atoms with Crippen molar-refractivity contribution >= 4 is 17.9 Å². The molecule has 0 spiro atoms. The fourth-order valence-electron chi connectivity index (χ4n) is 1.10. The number of hydrogen-bond acceptors (Lipinski definition) is 3. The van der Waals surface area contributed by atoms with Crippen molar-refractivity contribution in [2.75, 3.05) is 0 Å². The summed E-state index contributed by atoms with van der Waals surface area (Å²) in [4.78, 5) is 32.4. The molecule has 0 aliphatic carbocycles. The molecule has 15 heavy (non-hydrogen) atoms. The Balaban J connectivity index is 5.38. The lowest BCUT2D eigenvalue weighted by Gasteiger charge is -2.36. The second-order valence-electron chi connectivity index (χ2n) is 4.14. The summed E-state index contributed by atoms with van der Waals surface area (Å²) in [5.74, 6) is -4.11. The van der Waals surface area contributed by atoms with Crippen LogP contribution in [0.3, 0.4) is 0 Å². The average molecular weight is 218 g/mol. The molecule has 0 aromatic heterocycles. The van der Waals surface area contributed by atoms with Crippen LogP contribution >= 0.6 is 0 Å². The second kappa shape index (κ2) is 3.88. The maximum absolute atomic E-state index is 11.0. The first-order chi connectivity index (χ1) is 6.55. The molecule has 0 aliphatic heterocycles. The lowest BCUT2D eigenvalue weighted by atomic mass is 9.64. The summed E-state index contributed by atoms with van der Waals surface area (Å²) in [6.45, 7) is 3.52. The quantitative estimate of drug-likeness (QED) is 0.625. The van der Waals surface area contributed by atoms with Gasteiger partial charge in [0.15, 0.2) is 0 Å². The third kappa shape index (κ3) is 2.26. The van der Waals surface area contributed by atoms with Gasteiger partial charge in [0.05, 0.1) is 17.3 Å². The van der Waals surface area contributed by atoms with Gasteiger partial charge in [-0.05, 0) is 20.8 Å². The molecule has 0 heterocycles. The van der Waals surface area contributed by atoms with E-state index in [1.807, 2.05) is 0 Å². The van der Waals surface area contributed by atoms with Gasteiger partial charge in [0.2, 0.25) is 0 Å². The van der Waals surface area contributed by atoms with Gasteiger partial charge in [-0.25, -0.2) is 0 Å². The van der Waals surface area contributed by atoms with E-state index in [2.05, 4.69) is 0 Å². The van der Waals surface area contributed by atoms with Gasteiger partial charge in [0, 0.05) is 0 Å². The van der Waals surface area contributed by atoms with Crippen molar-refractivity contribution in [3.05, 3.63) is 0 Å². The van der Waals surface area contributed by atoms with E-state index in [0.29, 0.717) is 0 Å².